The van der Waals surface area contributed by atoms with Crippen molar-refractivity contribution in [2.45, 2.75) is 50.7 Å². The number of hydrogen-bond donors (Lipinski definition) is 2. The Morgan fingerprint density at radius 1 is 1.07 bits per heavy atom. The predicted octanol–water partition coefficient (Wildman–Crippen LogP) is 2.99. The number of aromatic nitrogens is 1. The Morgan fingerprint density at radius 3 is 2.40 bits per heavy atom. The van der Waals surface area contributed by atoms with E-state index in [1.54, 1.807) is 12.1 Å². The van der Waals surface area contributed by atoms with Crippen molar-refractivity contribution in [3.8, 4) is 0 Å². The van der Waals surface area contributed by atoms with Gasteiger partial charge in [0.05, 0.1) is 13.2 Å². The monoisotopic (exact) mass is 432 g/mol. The molecular weight excluding hydrogens is 400 g/mol. The molecule has 7 nitrogen and oxygen atoms in total. The largest absolute Gasteiger partial charge is 0.379 e. The summed E-state index contributed by atoms with van der Waals surface area (Å²) >= 11 is 0. The molecule has 0 amide bonds. The van der Waals surface area contributed by atoms with Gasteiger partial charge in [-0.2, -0.15) is 0 Å². The van der Waals surface area contributed by atoms with Gasteiger partial charge in [-0.05, 0) is 36.1 Å². The van der Waals surface area contributed by atoms with Crippen molar-refractivity contribution < 1.29 is 13.2 Å². The van der Waals surface area contributed by atoms with Crippen molar-refractivity contribution >= 4 is 15.8 Å². The number of benzene rings is 1. The van der Waals surface area contributed by atoms with E-state index in [9.17, 15) is 8.42 Å². The Balaban J connectivity index is 1.61. The van der Waals surface area contributed by atoms with Crippen LogP contribution in [0.1, 0.15) is 37.8 Å². The molecule has 2 heterocycles. The first kappa shape index (κ1) is 22.7. The van der Waals surface area contributed by atoms with Crippen molar-refractivity contribution in [2.24, 2.45) is 0 Å². The standard InChI is InChI=1S/C22H32N4O3S/c1-3-20(4-2)25-30(27,28)21-9-10-22(24-16-21)23-15-18-7-5-6-8-19(18)17-26-11-13-29-14-12-26/h5-10,16,20,25H,3-4,11-15,17H2,1-2H3,(H,23,24). The first-order chi connectivity index (χ1) is 14.5. The summed E-state index contributed by atoms with van der Waals surface area (Å²) in [6.45, 7) is 8.93. The van der Waals surface area contributed by atoms with Crippen molar-refractivity contribution in [1.29, 1.82) is 0 Å². The molecular formula is C22H32N4O3S. The SMILES string of the molecule is CCC(CC)NS(=O)(=O)c1ccc(NCc2ccccc2CN2CCOCC2)nc1. The van der Waals surface area contributed by atoms with Gasteiger partial charge >= 0.3 is 0 Å². The fourth-order valence-electron chi connectivity index (χ4n) is 3.46. The summed E-state index contributed by atoms with van der Waals surface area (Å²) in [5, 5.41) is 3.31. The van der Waals surface area contributed by atoms with E-state index in [0.717, 1.165) is 45.7 Å². The average molecular weight is 433 g/mol. The lowest BCUT2D eigenvalue weighted by Crippen LogP contribution is -2.35. The Hall–Kier alpha value is -2.00. The maximum atomic E-state index is 12.5. The second-order valence-corrected chi connectivity index (χ2v) is 9.24. The van der Waals surface area contributed by atoms with Crippen LogP contribution in [-0.2, 0) is 27.8 Å². The molecule has 0 radical (unpaired) electrons. The van der Waals surface area contributed by atoms with Crippen LogP contribution in [-0.4, -0.2) is 50.6 Å². The molecule has 0 unspecified atom stereocenters. The lowest BCUT2D eigenvalue weighted by Gasteiger charge is -2.27. The van der Waals surface area contributed by atoms with Gasteiger partial charge < -0.3 is 10.1 Å². The van der Waals surface area contributed by atoms with E-state index < -0.39 is 10.0 Å². The Kier molecular flexibility index (Phi) is 8.21. The zero-order valence-corrected chi connectivity index (χ0v) is 18.6. The fraction of sp³-hybridized carbons (Fsp3) is 0.500. The van der Waals surface area contributed by atoms with E-state index in [4.69, 9.17) is 4.74 Å². The minimum absolute atomic E-state index is 0.0595. The molecule has 0 spiro atoms. The third kappa shape index (κ3) is 6.25. The Labute approximate surface area is 179 Å². The van der Waals surface area contributed by atoms with Crippen LogP contribution < -0.4 is 10.0 Å². The lowest BCUT2D eigenvalue weighted by atomic mass is 10.1. The summed E-state index contributed by atoms with van der Waals surface area (Å²) in [4.78, 5) is 6.89. The maximum Gasteiger partial charge on any atom is 0.242 e. The molecule has 2 aromatic rings. The molecule has 1 aromatic heterocycles. The molecule has 1 aliphatic rings. The second-order valence-electron chi connectivity index (χ2n) is 7.52. The molecule has 0 bridgehead atoms. The molecule has 1 fully saturated rings. The van der Waals surface area contributed by atoms with Crippen molar-refractivity contribution in [3.63, 3.8) is 0 Å². The number of morpholine rings is 1. The summed E-state index contributed by atoms with van der Waals surface area (Å²) in [5.41, 5.74) is 2.48. The molecule has 8 heteroatoms. The first-order valence-electron chi connectivity index (χ1n) is 10.6. The van der Waals surface area contributed by atoms with E-state index in [0.29, 0.717) is 12.4 Å². The number of sulfonamides is 1. The normalized spacial score (nSPS) is 15.4. The molecule has 30 heavy (non-hydrogen) atoms. The molecule has 0 aliphatic carbocycles. The van der Waals surface area contributed by atoms with Crippen LogP contribution in [0.25, 0.3) is 0 Å². The summed E-state index contributed by atoms with van der Waals surface area (Å²) in [7, 11) is -3.55. The lowest BCUT2D eigenvalue weighted by molar-refractivity contribution is 0.0341. The number of hydrogen-bond acceptors (Lipinski definition) is 6. The smallest absolute Gasteiger partial charge is 0.242 e. The zero-order valence-electron chi connectivity index (χ0n) is 17.8. The van der Waals surface area contributed by atoms with Crippen LogP contribution in [0.2, 0.25) is 0 Å². The molecule has 3 rings (SSSR count). The van der Waals surface area contributed by atoms with Gasteiger partial charge in [-0.15, -0.1) is 0 Å². The zero-order chi connectivity index (χ0) is 21.4. The van der Waals surface area contributed by atoms with Gasteiger partial charge in [0, 0.05) is 38.4 Å². The highest BCUT2D eigenvalue weighted by Crippen LogP contribution is 2.16. The van der Waals surface area contributed by atoms with Crippen LogP contribution in [0.5, 0.6) is 0 Å². The van der Waals surface area contributed by atoms with Gasteiger partial charge in [-0.3, -0.25) is 4.90 Å². The molecule has 1 aromatic carbocycles. The highest BCUT2D eigenvalue weighted by Gasteiger charge is 2.18. The van der Waals surface area contributed by atoms with E-state index >= 15 is 0 Å². The molecule has 1 saturated heterocycles. The number of rotatable bonds is 10. The highest BCUT2D eigenvalue weighted by atomic mass is 32.2. The van der Waals surface area contributed by atoms with E-state index in [1.807, 2.05) is 19.9 Å². The molecule has 2 N–H and O–H groups in total. The third-order valence-corrected chi connectivity index (χ3v) is 6.94. The Bertz CT molecular complexity index is 893. The van der Waals surface area contributed by atoms with Crippen molar-refractivity contribution in [3.05, 3.63) is 53.7 Å². The van der Waals surface area contributed by atoms with Gasteiger partial charge in [0.15, 0.2) is 0 Å². The minimum Gasteiger partial charge on any atom is -0.379 e. The van der Waals surface area contributed by atoms with Crippen LogP contribution in [0, 0.1) is 0 Å². The van der Waals surface area contributed by atoms with Gasteiger partial charge in [-0.25, -0.2) is 18.1 Å². The molecule has 1 aliphatic heterocycles. The van der Waals surface area contributed by atoms with Crippen LogP contribution >= 0.6 is 0 Å². The quantitative estimate of drug-likeness (QED) is 0.601. The summed E-state index contributed by atoms with van der Waals surface area (Å²) < 4.78 is 33.2. The highest BCUT2D eigenvalue weighted by molar-refractivity contribution is 7.89. The Morgan fingerprint density at radius 2 is 1.77 bits per heavy atom. The third-order valence-electron chi connectivity index (χ3n) is 5.43. The van der Waals surface area contributed by atoms with Gasteiger partial charge in [0.1, 0.15) is 10.7 Å². The van der Waals surface area contributed by atoms with Crippen LogP contribution in [0.15, 0.2) is 47.5 Å². The number of ether oxygens (including phenoxy) is 1. The fourth-order valence-corrected chi connectivity index (χ4v) is 4.80. The van der Waals surface area contributed by atoms with Gasteiger partial charge in [-0.1, -0.05) is 38.1 Å². The van der Waals surface area contributed by atoms with Crippen LogP contribution in [0.4, 0.5) is 5.82 Å². The van der Waals surface area contributed by atoms with E-state index in [2.05, 4.69) is 38.1 Å². The first-order valence-corrected chi connectivity index (χ1v) is 12.1. The number of anilines is 1. The van der Waals surface area contributed by atoms with E-state index in [-0.39, 0.29) is 10.9 Å². The number of pyridine rings is 1. The topological polar surface area (TPSA) is 83.6 Å². The summed E-state index contributed by atoms with van der Waals surface area (Å²) in [6, 6.07) is 11.6. The molecule has 0 atom stereocenters. The number of nitrogens with one attached hydrogen (secondary N) is 2. The van der Waals surface area contributed by atoms with E-state index in [1.165, 1.54) is 17.3 Å². The second kappa shape index (κ2) is 10.9. The molecule has 0 saturated carbocycles. The predicted molar refractivity (Wildman–Crippen MR) is 119 cm³/mol. The maximum absolute atomic E-state index is 12.5. The summed E-state index contributed by atoms with van der Waals surface area (Å²) in [6.07, 6.45) is 2.92. The average Bonchev–Trinajstić information content (AvgIpc) is 2.78. The number of nitrogens with zero attached hydrogens (tertiary/aromatic N) is 2. The van der Waals surface area contributed by atoms with Crippen LogP contribution in [0.3, 0.4) is 0 Å². The van der Waals surface area contributed by atoms with Gasteiger partial charge in [0.2, 0.25) is 10.0 Å². The van der Waals surface area contributed by atoms with Crippen molar-refractivity contribution in [1.82, 2.24) is 14.6 Å². The molecule has 164 valence electrons. The van der Waals surface area contributed by atoms with Gasteiger partial charge in [0.25, 0.3) is 0 Å². The minimum atomic E-state index is -3.55. The summed E-state index contributed by atoms with van der Waals surface area (Å²) in [5.74, 6) is 0.651. The van der Waals surface area contributed by atoms with Crippen molar-refractivity contribution in [2.75, 3.05) is 31.6 Å².